The van der Waals surface area contributed by atoms with Crippen LogP contribution in [0, 0.1) is 0 Å². The minimum atomic E-state index is -4.50. The number of alkyl halides is 3. The summed E-state index contributed by atoms with van der Waals surface area (Å²) in [6, 6.07) is 20.5. The first kappa shape index (κ1) is 30.0. The van der Waals surface area contributed by atoms with Crippen molar-refractivity contribution in [3.05, 3.63) is 102 Å². The lowest BCUT2D eigenvalue weighted by molar-refractivity contribution is -0.137. The van der Waals surface area contributed by atoms with E-state index in [2.05, 4.69) is 10.6 Å². The van der Waals surface area contributed by atoms with Gasteiger partial charge in [-0.2, -0.15) is 13.2 Å². The van der Waals surface area contributed by atoms with Crippen molar-refractivity contribution in [3.8, 4) is 28.4 Å². The van der Waals surface area contributed by atoms with Crippen LogP contribution in [0.3, 0.4) is 0 Å². The molecule has 2 amide bonds. The predicted octanol–water partition coefficient (Wildman–Crippen LogP) is 8.81. The Kier molecular flexibility index (Phi) is 8.46. The molecule has 0 aromatic heterocycles. The van der Waals surface area contributed by atoms with Crippen molar-refractivity contribution in [1.29, 1.82) is 0 Å². The number of carbonyl (C=O) groups excluding carboxylic acids is 1. The normalized spacial score (nSPS) is 11.5. The van der Waals surface area contributed by atoms with E-state index in [-0.39, 0.29) is 28.1 Å². The Hall–Kier alpha value is -4.99. The maximum absolute atomic E-state index is 13.0. The molecule has 0 aliphatic heterocycles. The van der Waals surface area contributed by atoms with Gasteiger partial charge in [-0.05, 0) is 71.1 Å². The molecule has 0 spiro atoms. The molecule has 3 N–H and O–H groups in total. The zero-order chi connectivity index (χ0) is 30.7. The second kappa shape index (κ2) is 11.9. The van der Waals surface area contributed by atoms with Crippen molar-refractivity contribution in [3.63, 3.8) is 0 Å². The summed E-state index contributed by atoms with van der Waals surface area (Å²) in [7, 11) is 1.38. The number of carboxylic acids is 1. The summed E-state index contributed by atoms with van der Waals surface area (Å²) in [5, 5.41) is 14.9. The van der Waals surface area contributed by atoms with E-state index >= 15 is 0 Å². The third kappa shape index (κ3) is 7.01. The highest BCUT2D eigenvalue weighted by molar-refractivity contribution is 6.01. The molecule has 4 aromatic rings. The molecule has 4 rings (SSSR count). The molecule has 0 aliphatic rings. The average molecular weight is 579 g/mol. The lowest BCUT2D eigenvalue weighted by Crippen LogP contribution is -2.20. The third-order valence-corrected chi connectivity index (χ3v) is 6.38. The minimum absolute atomic E-state index is 0.0380. The number of halogens is 3. The Morgan fingerprint density at radius 3 is 1.98 bits per heavy atom. The van der Waals surface area contributed by atoms with Crippen LogP contribution in [0.1, 0.15) is 42.3 Å². The van der Waals surface area contributed by atoms with Gasteiger partial charge in [-0.1, -0.05) is 51.1 Å². The number of carboxylic acid groups (broad SMARTS) is 1. The van der Waals surface area contributed by atoms with Crippen LogP contribution in [0.25, 0.3) is 11.1 Å². The van der Waals surface area contributed by atoms with Crippen molar-refractivity contribution >= 4 is 23.4 Å². The quantitative estimate of drug-likeness (QED) is 0.204. The lowest BCUT2D eigenvalue weighted by atomic mass is 9.86. The van der Waals surface area contributed by atoms with Gasteiger partial charge < -0.3 is 25.2 Å². The molecule has 218 valence electrons. The molecular weight excluding hydrogens is 549 g/mol. The fourth-order valence-electron chi connectivity index (χ4n) is 4.27. The fourth-order valence-corrected chi connectivity index (χ4v) is 4.27. The Labute approximate surface area is 240 Å². The Balaban J connectivity index is 1.71. The SMILES string of the molecule is COc1ccc(-c2ccc(Oc3ccccc3C(C)(C)C)c(NC(=O)Nc3ccc(C(F)(F)F)cc3)c2)cc1C(=O)O. The van der Waals surface area contributed by atoms with Gasteiger partial charge in [0, 0.05) is 11.3 Å². The smallest absolute Gasteiger partial charge is 0.416 e. The molecule has 0 saturated heterocycles. The van der Waals surface area contributed by atoms with Crippen LogP contribution in [0.4, 0.5) is 29.3 Å². The van der Waals surface area contributed by atoms with Crippen LogP contribution in [0.2, 0.25) is 0 Å². The van der Waals surface area contributed by atoms with Crippen molar-refractivity contribution in [2.24, 2.45) is 0 Å². The molecule has 0 heterocycles. The molecule has 0 atom stereocenters. The Morgan fingerprint density at radius 2 is 1.38 bits per heavy atom. The van der Waals surface area contributed by atoms with Crippen LogP contribution < -0.4 is 20.1 Å². The van der Waals surface area contributed by atoms with Crippen LogP contribution in [0.5, 0.6) is 17.2 Å². The summed E-state index contributed by atoms with van der Waals surface area (Å²) < 4.78 is 50.2. The molecule has 0 fully saturated rings. The van der Waals surface area contributed by atoms with Gasteiger partial charge in [0.15, 0.2) is 5.75 Å². The first-order valence-electron chi connectivity index (χ1n) is 12.8. The van der Waals surface area contributed by atoms with Crippen molar-refractivity contribution in [2.75, 3.05) is 17.7 Å². The topological polar surface area (TPSA) is 96.9 Å². The van der Waals surface area contributed by atoms with E-state index < -0.39 is 23.7 Å². The van der Waals surface area contributed by atoms with Crippen molar-refractivity contribution < 1.29 is 37.3 Å². The zero-order valence-corrected chi connectivity index (χ0v) is 23.3. The van der Waals surface area contributed by atoms with E-state index in [1.807, 2.05) is 45.0 Å². The molecular formula is C32H29F3N2O5. The summed E-state index contributed by atoms with van der Waals surface area (Å²) in [6.07, 6.45) is -4.50. The minimum Gasteiger partial charge on any atom is -0.496 e. The maximum atomic E-state index is 13.0. The number of rotatable bonds is 7. The lowest BCUT2D eigenvalue weighted by Gasteiger charge is -2.23. The van der Waals surface area contributed by atoms with E-state index in [0.29, 0.717) is 22.6 Å². The summed E-state index contributed by atoms with van der Waals surface area (Å²) in [6.45, 7) is 6.12. The molecule has 4 aromatic carbocycles. The summed E-state index contributed by atoms with van der Waals surface area (Å²) >= 11 is 0. The number of para-hydroxylation sites is 1. The van der Waals surface area contributed by atoms with Gasteiger partial charge >= 0.3 is 18.2 Å². The van der Waals surface area contributed by atoms with E-state index in [1.165, 1.54) is 19.2 Å². The zero-order valence-electron chi connectivity index (χ0n) is 23.3. The Bertz CT molecular complexity index is 1610. The molecule has 10 heteroatoms. The van der Waals surface area contributed by atoms with Gasteiger partial charge in [0.2, 0.25) is 0 Å². The second-order valence-electron chi connectivity index (χ2n) is 10.4. The van der Waals surface area contributed by atoms with Gasteiger partial charge in [-0.25, -0.2) is 9.59 Å². The molecule has 0 bridgehead atoms. The number of benzene rings is 4. The number of hydrogen-bond donors (Lipinski definition) is 3. The molecule has 42 heavy (non-hydrogen) atoms. The molecule has 0 radical (unpaired) electrons. The number of urea groups is 1. The highest BCUT2D eigenvalue weighted by Gasteiger charge is 2.30. The van der Waals surface area contributed by atoms with Crippen LogP contribution in [0.15, 0.2) is 84.9 Å². The number of ether oxygens (including phenoxy) is 2. The number of amides is 2. The van der Waals surface area contributed by atoms with E-state index in [0.717, 1.165) is 29.8 Å². The van der Waals surface area contributed by atoms with Crippen LogP contribution >= 0.6 is 0 Å². The number of methoxy groups -OCH3 is 1. The van der Waals surface area contributed by atoms with Crippen molar-refractivity contribution in [2.45, 2.75) is 32.4 Å². The summed E-state index contributed by atoms with van der Waals surface area (Å²) in [5.41, 5.74) is 1.31. The maximum Gasteiger partial charge on any atom is 0.416 e. The average Bonchev–Trinajstić information content (AvgIpc) is 2.93. The number of carbonyl (C=O) groups is 2. The molecule has 7 nitrogen and oxygen atoms in total. The number of aromatic carboxylic acids is 1. The van der Waals surface area contributed by atoms with Crippen molar-refractivity contribution in [1.82, 2.24) is 0 Å². The number of nitrogens with one attached hydrogen (secondary N) is 2. The van der Waals surface area contributed by atoms with Gasteiger partial charge in [-0.3, -0.25) is 0 Å². The summed E-state index contributed by atoms with van der Waals surface area (Å²) in [5.74, 6) is -0.104. The summed E-state index contributed by atoms with van der Waals surface area (Å²) in [4.78, 5) is 24.7. The highest BCUT2D eigenvalue weighted by Crippen LogP contribution is 2.39. The monoisotopic (exact) mass is 578 g/mol. The van der Waals surface area contributed by atoms with E-state index in [1.54, 1.807) is 24.3 Å². The van der Waals surface area contributed by atoms with Gasteiger partial charge in [-0.15, -0.1) is 0 Å². The largest absolute Gasteiger partial charge is 0.496 e. The van der Waals surface area contributed by atoms with Crippen LogP contribution in [-0.2, 0) is 11.6 Å². The predicted molar refractivity (Wildman–Crippen MR) is 155 cm³/mol. The first-order valence-corrected chi connectivity index (χ1v) is 12.8. The molecule has 0 saturated carbocycles. The van der Waals surface area contributed by atoms with E-state index in [4.69, 9.17) is 9.47 Å². The van der Waals surface area contributed by atoms with Gasteiger partial charge in [0.1, 0.15) is 17.1 Å². The number of anilines is 2. The fraction of sp³-hybridized carbons (Fsp3) is 0.188. The Morgan fingerprint density at radius 1 is 0.762 bits per heavy atom. The van der Waals surface area contributed by atoms with Crippen LogP contribution in [-0.4, -0.2) is 24.2 Å². The highest BCUT2D eigenvalue weighted by atomic mass is 19.4. The molecule has 0 unspecified atom stereocenters. The number of hydrogen-bond acceptors (Lipinski definition) is 4. The second-order valence-corrected chi connectivity index (χ2v) is 10.4. The van der Waals surface area contributed by atoms with Gasteiger partial charge in [0.25, 0.3) is 0 Å². The molecule has 0 aliphatic carbocycles. The van der Waals surface area contributed by atoms with Gasteiger partial charge in [0.05, 0.1) is 18.4 Å². The standard InChI is InChI=1S/C32H29F3N2O5/c1-31(2,3)24-7-5-6-8-27(24)42-28-16-10-20(19-9-15-26(41-4)23(17-19)29(38)39)18-25(28)37-30(40)36-22-13-11-21(12-14-22)32(33,34)35/h5-18H,1-4H3,(H,38,39)(H2,36,37,40). The van der Waals surface area contributed by atoms with E-state index in [9.17, 15) is 27.9 Å². The first-order chi connectivity index (χ1) is 19.8. The third-order valence-electron chi connectivity index (χ3n) is 6.38.